The fraction of sp³-hybridized carbons (Fsp3) is 0.133. The molecule has 2 rings (SSSR count). The van der Waals surface area contributed by atoms with Crippen molar-refractivity contribution in [2.24, 2.45) is 0 Å². The molecule has 0 spiro atoms. The molecule has 0 fully saturated rings. The van der Waals surface area contributed by atoms with Gasteiger partial charge in [-0.25, -0.2) is 0 Å². The number of hydrogen-bond acceptors (Lipinski definition) is 3. The average Bonchev–Trinajstić information content (AvgIpc) is 2.51. The molecule has 3 nitrogen and oxygen atoms in total. The zero-order valence-corrected chi connectivity index (χ0v) is 14.8. The van der Waals surface area contributed by atoms with Crippen LogP contribution in [0.15, 0.2) is 35.2 Å². The fourth-order valence-electron chi connectivity index (χ4n) is 1.79. The van der Waals surface area contributed by atoms with E-state index in [2.05, 4.69) is 5.32 Å². The van der Waals surface area contributed by atoms with E-state index in [4.69, 9.17) is 39.5 Å². The van der Waals surface area contributed by atoms with Crippen molar-refractivity contribution in [2.45, 2.75) is 4.90 Å². The molecular weight excluding hydrogens is 365 g/mol. The van der Waals surface area contributed by atoms with Crippen molar-refractivity contribution in [2.75, 3.05) is 18.7 Å². The summed E-state index contributed by atoms with van der Waals surface area (Å²) in [5.41, 5.74) is 0.791. The molecule has 2 aromatic rings. The van der Waals surface area contributed by atoms with Gasteiger partial charge in [0.1, 0.15) is 5.75 Å². The van der Waals surface area contributed by atoms with E-state index in [9.17, 15) is 4.79 Å². The number of amides is 1. The third-order valence-corrected chi connectivity index (χ3v) is 4.67. The first-order chi connectivity index (χ1) is 10.5. The van der Waals surface area contributed by atoms with Crippen molar-refractivity contribution in [3.8, 4) is 5.75 Å². The zero-order chi connectivity index (χ0) is 16.3. The second kappa shape index (κ2) is 7.47. The number of thioether (sulfide) groups is 1. The van der Waals surface area contributed by atoms with E-state index < -0.39 is 0 Å². The summed E-state index contributed by atoms with van der Waals surface area (Å²) >= 11 is 19.4. The molecule has 1 amide bonds. The van der Waals surface area contributed by atoms with Crippen LogP contribution >= 0.6 is 46.6 Å². The van der Waals surface area contributed by atoms with Gasteiger partial charge in [-0.05, 0) is 36.6 Å². The molecule has 0 aliphatic carbocycles. The largest absolute Gasteiger partial charge is 0.496 e. The van der Waals surface area contributed by atoms with Gasteiger partial charge in [-0.1, -0.05) is 34.8 Å². The Hall–Kier alpha value is -1.07. The highest BCUT2D eigenvalue weighted by Gasteiger charge is 2.15. The van der Waals surface area contributed by atoms with Crippen molar-refractivity contribution >= 4 is 58.2 Å². The first-order valence-corrected chi connectivity index (χ1v) is 8.50. The molecule has 0 atom stereocenters. The van der Waals surface area contributed by atoms with Crippen LogP contribution in [0.25, 0.3) is 0 Å². The van der Waals surface area contributed by atoms with E-state index in [1.165, 1.54) is 19.2 Å². The molecule has 0 aliphatic rings. The molecule has 0 unspecified atom stereocenters. The lowest BCUT2D eigenvalue weighted by molar-refractivity contribution is 0.102. The van der Waals surface area contributed by atoms with Crippen LogP contribution in [-0.4, -0.2) is 19.3 Å². The second-order valence-electron chi connectivity index (χ2n) is 4.27. The summed E-state index contributed by atoms with van der Waals surface area (Å²) in [4.78, 5) is 13.4. The average molecular weight is 377 g/mol. The lowest BCUT2D eigenvalue weighted by Gasteiger charge is -2.12. The van der Waals surface area contributed by atoms with Gasteiger partial charge in [0.05, 0.1) is 33.4 Å². The summed E-state index contributed by atoms with van der Waals surface area (Å²) in [5, 5.41) is 3.65. The highest BCUT2D eigenvalue weighted by atomic mass is 35.5. The zero-order valence-electron chi connectivity index (χ0n) is 11.7. The van der Waals surface area contributed by atoms with Gasteiger partial charge >= 0.3 is 0 Å². The number of carbonyl (C=O) groups excluding carboxylic acids is 1. The summed E-state index contributed by atoms with van der Waals surface area (Å²) in [5.74, 6) is 0.144. The van der Waals surface area contributed by atoms with Gasteiger partial charge in [0.25, 0.3) is 5.91 Å². The Bertz CT molecular complexity index is 722. The van der Waals surface area contributed by atoms with Crippen LogP contribution in [-0.2, 0) is 0 Å². The number of benzene rings is 2. The highest BCUT2D eigenvalue weighted by molar-refractivity contribution is 7.98. The van der Waals surface area contributed by atoms with E-state index in [0.717, 1.165) is 4.90 Å². The molecule has 0 saturated heterocycles. The van der Waals surface area contributed by atoms with Crippen molar-refractivity contribution in [3.63, 3.8) is 0 Å². The molecule has 22 heavy (non-hydrogen) atoms. The van der Waals surface area contributed by atoms with E-state index in [-0.39, 0.29) is 5.91 Å². The SMILES string of the molecule is COc1cc(SC)ccc1C(=O)Nc1cc(Cl)c(Cl)cc1Cl. The quantitative estimate of drug-likeness (QED) is 0.555. The standard InChI is InChI=1S/C15H12Cl3NO2S/c1-21-14-5-8(22-2)3-4-9(14)15(20)19-13-7-11(17)10(16)6-12(13)18/h3-7H,1-2H3,(H,19,20). The number of methoxy groups -OCH3 is 1. The maximum atomic E-state index is 12.4. The molecule has 0 aliphatic heterocycles. The van der Waals surface area contributed by atoms with Gasteiger partial charge in [0.15, 0.2) is 0 Å². The normalized spacial score (nSPS) is 10.4. The van der Waals surface area contributed by atoms with E-state index in [1.54, 1.807) is 23.9 Å². The van der Waals surface area contributed by atoms with Gasteiger partial charge in [0, 0.05) is 4.90 Å². The predicted octanol–water partition coefficient (Wildman–Crippen LogP) is 5.63. The molecule has 2 aromatic carbocycles. The van der Waals surface area contributed by atoms with Crippen LogP contribution in [0.4, 0.5) is 5.69 Å². The lowest BCUT2D eigenvalue weighted by Crippen LogP contribution is -2.13. The minimum Gasteiger partial charge on any atom is -0.496 e. The first-order valence-electron chi connectivity index (χ1n) is 6.14. The Morgan fingerprint density at radius 3 is 2.41 bits per heavy atom. The maximum absolute atomic E-state index is 12.4. The number of nitrogens with one attached hydrogen (secondary N) is 1. The molecule has 0 bridgehead atoms. The maximum Gasteiger partial charge on any atom is 0.259 e. The predicted molar refractivity (Wildman–Crippen MR) is 94.2 cm³/mol. The van der Waals surface area contributed by atoms with Crippen molar-refractivity contribution in [1.29, 1.82) is 0 Å². The van der Waals surface area contributed by atoms with Gasteiger partial charge in [-0.3, -0.25) is 4.79 Å². The Balaban J connectivity index is 2.32. The molecule has 116 valence electrons. The van der Waals surface area contributed by atoms with Crippen molar-refractivity contribution in [3.05, 3.63) is 51.0 Å². The molecule has 1 N–H and O–H groups in total. The number of anilines is 1. The van der Waals surface area contributed by atoms with Crippen molar-refractivity contribution < 1.29 is 9.53 Å². The van der Waals surface area contributed by atoms with Gasteiger partial charge in [0.2, 0.25) is 0 Å². The number of halogens is 3. The van der Waals surface area contributed by atoms with Crippen LogP contribution < -0.4 is 10.1 Å². The monoisotopic (exact) mass is 375 g/mol. The molecule has 0 radical (unpaired) electrons. The first kappa shape index (κ1) is 17.3. The minimum atomic E-state index is -0.343. The van der Waals surface area contributed by atoms with Gasteiger partial charge < -0.3 is 10.1 Å². The van der Waals surface area contributed by atoms with Crippen LogP contribution in [0.3, 0.4) is 0 Å². The third-order valence-electron chi connectivity index (χ3n) is 2.91. The van der Waals surface area contributed by atoms with Gasteiger partial charge in [-0.2, -0.15) is 0 Å². The Labute approximate surface area is 147 Å². The smallest absolute Gasteiger partial charge is 0.259 e. The van der Waals surface area contributed by atoms with E-state index >= 15 is 0 Å². The second-order valence-corrected chi connectivity index (χ2v) is 6.37. The summed E-state index contributed by atoms with van der Waals surface area (Å²) in [7, 11) is 1.52. The van der Waals surface area contributed by atoms with Crippen LogP contribution in [0.1, 0.15) is 10.4 Å². The molecule has 0 heterocycles. The lowest BCUT2D eigenvalue weighted by atomic mass is 10.2. The minimum absolute atomic E-state index is 0.308. The summed E-state index contributed by atoms with van der Waals surface area (Å²) < 4.78 is 5.27. The third kappa shape index (κ3) is 3.82. The molecule has 0 saturated carbocycles. The number of rotatable bonds is 4. The number of carbonyl (C=O) groups is 1. The van der Waals surface area contributed by atoms with E-state index in [0.29, 0.717) is 32.1 Å². The fourth-order valence-corrected chi connectivity index (χ4v) is 2.82. The Kier molecular flexibility index (Phi) is 5.87. The topological polar surface area (TPSA) is 38.3 Å². The molecule has 0 aromatic heterocycles. The number of hydrogen-bond donors (Lipinski definition) is 1. The van der Waals surface area contributed by atoms with Crippen LogP contribution in [0.5, 0.6) is 5.75 Å². The Morgan fingerprint density at radius 1 is 1.09 bits per heavy atom. The van der Waals surface area contributed by atoms with Crippen LogP contribution in [0, 0.1) is 0 Å². The summed E-state index contributed by atoms with van der Waals surface area (Å²) in [6.45, 7) is 0. The summed E-state index contributed by atoms with van der Waals surface area (Å²) in [6, 6.07) is 8.34. The van der Waals surface area contributed by atoms with Crippen LogP contribution in [0.2, 0.25) is 15.1 Å². The summed E-state index contributed by atoms with van der Waals surface area (Å²) in [6.07, 6.45) is 1.95. The Morgan fingerprint density at radius 2 is 1.77 bits per heavy atom. The van der Waals surface area contributed by atoms with Gasteiger partial charge in [-0.15, -0.1) is 11.8 Å². The molecule has 7 heteroatoms. The van der Waals surface area contributed by atoms with Crippen molar-refractivity contribution in [1.82, 2.24) is 0 Å². The highest BCUT2D eigenvalue weighted by Crippen LogP contribution is 2.33. The molecular formula is C15H12Cl3NO2S. The number of ether oxygens (including phenoxy) is 1. The van der Waals surface area contributed by atoms with E-state index in [1.807, 2.05) is 12.3 Å².